The standard InChI is InChI=1S/C24H31N3O5/c1-13-10-11-17(32-13)16(12-24(2,3)4)26-19-18(21(29)22(19)30)25-15-9-7-8-14(20(15)28)23(31)27(5)6/h7-11,16,21,25-26,28-29H,12H2,1-6H3. The second kappa shape index (κ2) is 8.70. The van der Waals surface area contributed by atoms with Crippen molar-refractivity contribution in [2.45, 2.75) is 46.3 Å². The van der Waals surface area contributed by atoms with Crippen molar-refractivity contribution < 1.29 is 24.2 Å². The molecule has 0 aliphatic heterocycles. The minimum absolute atomic E-state index is 0.0585. The zero-order valence-corrected chi connectivity index (χ0v) is 19.3. The number of nitrogens with zero attached hydrogens (tertiary/aromatic N) is 1. The maximum absolute atomic E-state index is 12.5. The van der Waals surface area contributed by atoms with Crippen LogP contribution in [-0.2, 0) is 4.79 Å². The molecular weight excluding hydrogens is 410 g/mol. The second-order valence-electron chi connectivity index (χ2n) is 9.49. The summed E-state index contributed by atoms with van der Waals surface area (Å²) in [5.74, 6) is 0.398. The second-order valence-corrected chi connectivity index (χ2v) is 9.49. The Bertz CT molecular complexity index is 1060. The summed E-state index contributed by atoms with van der Waals surface area (Å²) in [5, 5.41) is 27.0. The van der Waals surface area contributed by atoms with E-state index in [0.717, 1.165) is 5.76 Å². The molecule has 1 aromatic carbocycles. The third-order valence-corrected chi connectivity index (χ3v) is 5.22. The average Bonchev–Trinajstić information content (AvgIpc) is 3.15. The summed E-state index contributed by atoms with van der Waals surface area (Å²) < 4.78 is 5.80. The maximum atomic E-state index is 12.5. The van der Waals surface area contributed by atoms with E-state index < -0.39 is 11.9 Å². The summed E-state index contributed by atoms with van der Waals surface area (Å²) in [5.41, 5.74) is 0.745. The molecule has 172 valence electrons. The zero-order valence-electron chi connectivity index (χ0n) is 19.3. The topological polar surface area (TPSA) is 115 Å². The average molecular weight is 442 g/mol. The van der Waals surface area contributed by atoms with Gasteiger partial charge in [0.1, 0.15) is 17.2 Å². The molecule has 0 saturated heterocycles. The van der Waals surface area contributed by atoms with Crippen molar-refractivity contribution in [3.63, 3.8) is 0 Å². The lowest BCUT2D eigenvalue weighted by Crippen LogP contribution is -2.46. The number of benzene rings is 1. The number of carbonyl (C=O) groups excluding carboxylic acids is 2. The third kappa shape index (κ3) is 4.80. The molecule has 0 bridgehead atoms. The fourth-order valence-electron chi connectivity index (χ4n) is 3.59. The number of aryl methyl sites for hydroxylation is 1. The molecule has 0 radical (unpaired) electrons. The number of carbonyl (C=O) groups is 2. The number of furan rings is 1. The highest BCUT2D eigenvalue weighted by atomic mass is 16.3. The Morgan fingerprint density at radius 2 is 1.91 bits per heavy atom. The molecule has 0 saturated carbocycles. The number of hydrogen-bond donors (Lipinski definition) is 4. The number of aliphatic hydroxyl groups excluding tert-OH is 1. The monoisotopic (exact) mass is 441 g/mol. The van der Waals surface area contributed by atoms with Crippen LogP contribution in [0.3, 0.4) is 0 Å². The van der Waals surface area contributed by atoms with Crippen LogP contribution in [0.2, 0.25) is 0 Å². The van der Waals surface area contributed by atoms with Gasteiger partial charge in [0.2, 0.25) is 5.78 Å². The number of aromatic hydroxyl groups is 1. The van der Waals surface area contributed by atoms with Crippen molar-refractivity contribution in [3.05, 3.63) is 58.8 Å². The van der Waals surface area contributed by atoms with Crippen molar-refractivity contribution in [1.29, 1.82) is 0 Å². The number of aliphatic hydroxyl groups is 1. The van der Waals surface area contributed by atoms with Gasteiger partial charge in [-0.25, -0.2) is 0 Å². The highest BCUT2D eigenvalue weighted by molar-refractivity contribution is 6.09. The van der Waals surface area contributed by atoms with E-state index in [-0.39, 0.29) is 45.8 Å². The van der Waals surface area contributed by atoms with Crippen LogP contribution in [0.5, 0.6) is 5.75 Å². The van der Waals surface area contributed by atoms with Crippen molar-refractivity contribution >= 4 is 17.4 Å². The Balaban J connectivity index is 1.93. The van der Waals surface area contributed by atoms with Crippen LogP contribution >= 0.6 is 0 Å². The van der Waals surface area contributed by atoms with Gasteiger partial charge in [-0.15, -0.1) is 0 Å². The minimum Gasteiger partial charge on any atom is -0.505 e. The van der Waals surface area contributed by atoms with E-state index >= 15 is 0 Å². The van der Waals surface area contributed by atoms with Crippen LogP contribution in [0.4, 0.5) is 5.69 Å². The molecule has 32 heavy (non-hydrogen) atoms. The van der Waals surface area contributed by atoms with Crippen molar-refractivity contribution in [2.75, 3.05) is 19.4 Å². The van der Waals surface area contributed by atoms with Crippen molar-refractivity contribution in [1.82, 2.24) is 10.2 Å². The molecule has 0 fully saturated rings. The first-order valence-electron chi connectivity index (χ1n) is 10.5. The number of rotatable bonds is 7. The molecule has 2 atom stereocenters. The van der Waals surface area contributed by atoms with Gasteiger partial charge in [-0.2, -0.15) is 0 Å². The quantitative estimate of drug-likeness (QED) is 0.487. The summed E-state index contributed by atoms with van der Waals surface area (Å²) in [7, 11) is 3.18. The number of phenolic OH excluding ortho intramolecular Hbond substituents is 1. The van der Waals surface area contributed by atoms with Gasteiger partial charge in [-0.05, 0) is 43.0 Å². The Hall–Kier alpha value is -3.26. The van der Waals surface area contributed by atoms with Crippen LogP contribution in [0, 0.1) is 12.3 Å². The lowest BCUT2D eigenvalue weighted by atomic mass is 9.86. The maximum Gasteiger partial charge on any atom is 0.257 e. The summed E-state index contributed by atoms with van der Waals surface area (Å²) >= 11 is 0. The first kappa shape index (κ1) is 23.4. The van der Waals surface area contributed by atoms with E-state index in [1.54, 1.807) is 26.2 Å². The lowest BCUT2D eigenvalue weighted by Gasteiger charge is -2.34. The molecule has 2 unspecified atom stereocenters. The van der Waals surface area contributed by atoms with Crippen LogP contribution in [0.15, 0.2) is 46.1 Å². The molecule has 8 heteroatoms. The highest BCUT2D eigenvalue weighted by Crippen LogP contribution is 2.36. The molecule has 4 N–H and O–H groups in total. The first-order chi connectivity index (χ1) is 14.9. The van der Waals surface area contributed by atoms with Gasteiger partial charge < -0.3 is 30.2 Å². The highest BCUT2D eigenvalue weighted by Gasteiger charge is 2.40. The molecule has 1 aromatic heterocycles. The largest absolute Gasteiger partial charge is 0.505 e. The van der Waals surface area contributed by atoms with Gasteiger partial charge in [0.15, 0.2) is 11.9 Å². The van der Waals surface area contributed by atoms with E-state index in [4.69, 9.17) is 4.42 Å². The lowest BCUT2D eigenvalue weighted by molar-refractivity contribution is -0.125. The van der Waals surface area contributed by atoms with Gasteiger partial charge in [0, 0.05) is 14.1 Å². The van der Waals surface area contributed by atoms with Crippen LogP contribution < -0.4 is 10.6 Å². The Morgan fingerprint density at radius 1 is 1.22 bits per heavy atom. The zero-order chi connectivity index (χ0) is 23.8. The summed E-state index contributed by atoms with van der Waals surface area (Å²) in [6.07, 6.45) is -0.670. The van der Waals surface area contributed by atoms with Gasteiger partial charge in [-0.1, -0.05) is 26.8 Å². The molecule has 2 aromatic rings. The number of Topliss-reactive ketones (excluding diaryl/α,β-unsaturated/α-hetero) is 1. The molecule has 3 rings (SSSR count). The van der Waals surface area contributed by atoms with Crippen LogP contribution in [0.1, 0.15) is 55.1 Å². The predicted molar refractivity (Wildman–Crippen MR) is 121 cm³/mol. The number of hydrogen-bond acceptors (Lipinski definition) is 7. The number of amides is 1. The van der Waals surface area contributed by atoms with E-state index in [1.807, 2.05) is 19.1 Å². The SMILES string of the molecule is Cc1ccc(C(CC(C)(C)C)NC2=C(Nc3cccc(C(=O)N(C)C)c3O)C(O)C2=O)o1. The normalized spacial score (nSPS) is 17.1. The number of para-hydroxylation sites is 1. The number of nitrogens with one attached hydrogen (secondary N) is 2. The van der Waals surface area contributed by atoms with E-state index in [9.17, 15) is 19.8 Å². The smallest absolute Gasteiger partial charge is 0.257 e. The van der Waals surface area contributed by atoms with Gasteiger partial charge >= 0.3 is 0 Å². The molecule has 1 aliphatic rings. The fraction of sp³-hybridized carbons (Fsp3) is 0.417. The van der Waals surface area contributed by atoms with Gasteiger partial charge in [0.25, 0.3) is 5.91 Å². The Morgan fingerprint density at radius 3 is 2.47 bits per heavy atom. The number of phenols is 1. The summed E-state index contributed by atoms with van der Waals surface area (Å²) in [6.45, 7) is 8.13. The molecule has 1 aliphatic carbocycles. The van der Waals surface area contributed by atoms with Gasteiger partial charge in [-0.3, -0.25) is 9.59 Å². The first-order valence-corrected chi connectivity index (χ1v) is 10.5. The molecule has 0 spiro atoms. The van der Waals surface area contributed by atoms with Crippen molar-refractivity contribution in [2.24, 2.45) is 5.41 Å². The molecule has 1 amide bonds. The number of ketones is 1. The third-order valence-electron chi connectivity index (χ3n) is 5.22. The molecular formula is C24H31N3O5. The summed E-state index contributed by atoms with van der Waals surface area (Å²) in [4.78, 5) is 26.1. The van der Waals surface area contributed by atoms with Gasteiger partial charge in [0.05, 0.1) is 23.0 Å². The van der Waals surface area contributed by atoms with Crippen LogP contribution in [0.25, 0.3) is 0 Å². The number of anilines is 1. The molecule has 1 heterocycles. The Kier molecular flexibility index (Phi) is 6.37. The van der Waals surface area contributed by atoms with E-state index in [1.165, 1.54) is 11.0 Å². The minimum atomic E-state index is -1.35. The van der Waals surface area contributed by atoms with E-state index in [2.05, 4.69) is 31.4 Å². The van der Waals surface area contributed by atoms with Crippen LogP contribution in [-0.4, -0.2) is 47.0 Å². The predicted octanol–water partition coefficient (Wildman–Crippen LogP) is 3.33. The van der Waals surface area contributed by atoms with E-state index in [0.29, 0.717) is 12.2 Å². The Labute approximate surface area is 187 Å². The molecule has 8 nitrogen and oxygen atoms in total. The fourth-order valence-corrected chi connectivity index (χ4v) is 3.59. The summed E-state index contributed by atoms with van der Waals surface area (Å²) in [6, 6.07) is 8.15. The van der Waals surface area contributed by atoms with Crippen molar-refractivity contribution in [3.8, 4) is 5.75 Å².